The predicted molar refractivity (Wildman–Crippen MR) is 87.4 cm³/mol. The monoisotopic (exact) mass is 343 g/mol. The Morgan fingerprint density at radius 1 is 1.43 bits per heavy atom. The molecule has 0 unspecified atom stereocenters. The Balaban J connectivity index is 1.89. The zero-order valence-corrected chi connectivity index (χ0v) is 14.4. The van der Waals surface area contributed by atoms with Gasteiger partial charge in [-0.05, 0) is 26.2 Å². The molecule has 0 spiro atoms. The zero-order chi connectivity index (χ0) is 16.9. The third-order valence-corrected chi connectivity index (χ3v) is 4.57. The number of imidazole rings is 1. The van der Waals surface area contributed by atoms with Crippen LogP contribution in [0.4, 0.5) is 4.79 Å². The maximum atomic E-state index is 12.5. The summed E-state index contributed by atoms with van der Waals surface area (Å²) in [7, 11) is -3.25. The van der Waals surface area contributed by atoms with Crippen LogP contribution in [0.2, 0.25) is 0 Å². The molecule has 0 aromatic carbocycles. The number of sulfonamides is 1. The number of amides is 2. The highest BCUT2D eigenvalue weighted by atomic mass is 32.2. The van der Waals surface area contributed by atoms with Crippen molar-refractivity contribution in [3.63, 3.8) is 0 Å². The normalized spacial score (nSPS) is 20.3. The summed E-state index contributed by atoms with van der Waals surface area (Å²) in [4.78, 5) is 18.2. The summed E-state index contributed by atoms with van der Waals surface area (Å²) in [6, 6.07) is -0.279. The Morgan fingerprint density at radius 2 is 2.22 bits per heavy atom. The molecule has 0 aliphatic carbocycles. The van der Waals surface area contributed by atoms with Crippen LogP contribution in [0.3, 0.4) is 0 Å². The number of nitrogens with one attached hydrogen (secondary N) is 2. The molecular weight excluding hydrogens is 318 g/mol. The van der Waals surface area contributed by atoms with Crippen LogP contribution < -0.4 is 10.0 Å². The van der Waals surface area contributed by atoms with Gasteiger partial charge in [-0.1, -0.05) is 0 Å². The number of urea groups is 1. The third-order valence-electron chi connectivity index (χ3n) is 3.88. The molecule has 1 aromatic heterocycles. The fourth-order valence-corrected chi connectivity index (χ4v) is 3.27. The Hall–Kier alpha value is -1.61. The number of rotatable bonds is 6. The Morgan fingerprint density at radius 3 is 2.87 bits per heavy atom. The maximum Gasteiger partial charge on any atom is 0.317 e. The van der Waals surface area contributed by atoms with Crippen molar-refractivity contribution in [1.82, 2.24) is 24.5 Å². The second kappa shape index (κ2) is 7.78. The number of carbonyl (C=O) groups excluding carboxylic acids is 1. The molecule has 2 atom stereocenters. The van der Waals surface area contributed by atoms with Crippen molar-refractivity contribution in [2.75, 3.05) is 19.3 Å². The number of hydrogen-bond acceptors (Lipinski definition) is 4. The van der Waals surface area contributed by atoms with Gasteiger partial charge in [0.25, 0.3) is 0 Å². The smallest absolute Gasteiger partial charge is 0.317 e. The molecule has 1 saturated heterocycles. The van der Waals surface area contributed by atoms with E-state index in [0.717, 1.165) is 25.5 Å². The van der Waals surface area contributed by atoms with E-state index in [1.165, 1.54) is 0 Å². The fourth-order valence-electron chi connectivity index (χ4n) is 2.78. The van der Waals surface area contributed by atoms with Gasteiger partial charge >= 0.3 is 6.03 Å². The molecule has 0 radical (unpaired) electrons. The lowest BCUT2D eigenvalue weighted by Crippen LogP contribution is -2.54. The third kappa shape index (κ3) is 5.83. The molecule has 2 amide bonds. The number of piperidine rings is 1. The molecule has 8 nitrogen and oxygen atoms in total. The van der Waals surface area contributed by atoms with Crippen molar-refractivity contribution in [2.45, 2.75) is 44.8 Å². The van der Waals surface area contributed by atoms with Crippen LogP contribution in [0.25, 0.3) is 0 Å². The van der Waals surface area contributed by atoms with E-state index in [4.69, 9.17) is 0 Å². The molecule has 23 heavy (non-hydrogen) atoms. The zero-order valence-electron chi connectivity index (χ0n) is 13.6. The highest BCUT2D eigenvalue weighted by Gasteiger charge is 2.27. The fraction of sp³-hybridized carbons (Fsp3) is 0.714. The predicted octanol–water partition coefficient (Wildman–Crippen LogP) is 0.385. The van der Waals surface area contributed by atoms with E-state index in [0.29, 0.717) is 13.1 Å². The second-order valence-electron chi connectivity index (χ2n) is 6.07. The first kappa shape index (κ1) is 17.7. The molecule has 2 heterocycles. The average molecular weight is 343 g/mol. The van der Waals surface area contributed by atoms with Gasteiger partial charge in [-0.15, -0.1) is 0 Å². The lowest BCUT2D eigenvalue weighted by molar-refractivity contribution is 0.149. The standard InChI is InChI=1S/C14H25N5O3S/c1-12(10-18-8-6-15-11-18)17-14(20)19-7-4-3-5-13(19)9-16-23(2,21)22/h6,8,11-13,16H,3-5,7,9-10H2,1-2H3,(H,17,20)/t12-,13+/m0/s1. The van der Waals surface area contributed by atoms with Gasteiger partial charge in [-0.25, -0.2) is 22.9 Å². The summed E-state index contributed by atoms with van der Waals surface area (Å²) in [6.07, 6.45) is 9.15. The Labute approximate surface area is 137 Å². The summed E-state index contributed by atoms with van der Waals surface area (Å²) in [6.45, 7) is 3.50. The van der Waals surface area contributed by atoms with Crippen molar-refractivity contribution >= 4 is 16.1 Å². The quantitative estimate of drug-likeness (QED) is 0.781. The van der Waals surface area contributed by atoms with Gasteiger partial charge in [0.05, 0.1) is 12.6 Å². The van der Waals surface area contributed by atoms with E-state index in [1.54, 1.807) is 17.4 Å². The van der Waals surface area contributed by atoms with Crippen LogP contribution >= 0.6 is 0 Å². The average Bonchev–Trinajstić information content (AvgIpc) is 2.97. The first-order chi connectivity index (χ1) is 10.8. The van der Waals surface area contributed by atoms with Crippen molar-refractivity contribution in [3.8, 4) is 0 Å². The number of nitrogens with zero attached hydrogens (tertiary/aromatic N) is 3. The molecule has 2 rings (SSSR count). The molecule has 0 saturated carbocycles. The lowest BCUT2D eigenvalue weighted by Gasteiger charge is -2.36. The van der Waals surface area contributed by atoms with Crippen molar-refractivity contribution < 1.29 is 13.2 Å². The van der Waals surface area contributed by atoms with Crippen LogP contribution in [0.15, 0.2) is 18.7 Å². The van der Waals surface area contributed by atoms with E-state index in [-0.39, 0.29) is 24.7 Å². The van der Waals surface area contributed by atoms with E-state index < -0.39 is 10.0 Å². The molecule has 1 aliphatic rings. The van der Waals surface area contributed by atoms with Crippen molar-refractivity contribution in [3.05, 3.63) is 18.7 Å². The summed E-state index contributed by atoms with van der Waals surface area (Å²) in [5.41, 5.74) is 0. The van der Waals surface area contributed by atoms with Gasteiger partial charge in [-0.2, -0.15) is 0 Å². The van der Waals surface area contributed by atoms with Gasteiger partial charge < -0.3 is 14.8 Å². The minimum Gasteiger partial charge on any atom is -0.335 e. The number of aromatic nitrogens is 2. The molecule has 0 bridgehead atoms. The summed E-state index contributed by atoms with van der Waals surface area (Å²) >= 11 is 0. The first-order valence-corrected chi connectivity index (χ1v) is 9.72. The van der Waals surface area contributed by atoms with Crippen LogP contribution in [-0.2, 0) is 16.6 Å². The first-order valence-electron chi connectivity index (χ1n) is 7.82. The topological polar surface area (TPSA) is 96.3 Å². The largest absolute Gasteiger partial charge is 0.335 e. The van der Waals surface area contributed by atoms with E-state index in [9.17, 15) is 13.2 Å². The SMILES string of the molecule is C[C@@H](Cn1ccnc1)NC(=O)N1CCCC[C@@H]1CNS(C)(=O)=O. The molecule has 1 aromatic rings. The minimum atomic E-state index is -3.25. The van der Waals surface area contributed by atoms with Gasteiger partial charge in [0.2, 0.25) is 10.0 Å². The van der Waals surface area contributed by atoms with Gasteiger partial charge in [0.1, 0.15) is 0 Å². The molecule has 1 aliphatic heterocycles. The van der Waals surface area contributed by atoms with Crippen LogP contribution in [0.1, 0.15) is 26.2 Å². The second-order valence-corrected chi connectivity index (χ2v) is 7.91. The molecular formula is C14H25N5O3S. The molecule has 1 fully saturated rings. The van der Waals surface area contributed by atoms with E-state index >= 15 is 0 Å². The summed E-state index contributed by atoms with van der Waals surface area (Å²) < 4.78 is 26.9. The van der Waals surface area contributed by atoms with Crippen molar-refractivity contribution in [2.24, 2.45) is 0 Å². The number of likely N-dealkylation sites (tertiary alicyclic amines) is 1. The lowest BCUT2D eigenvalue weighted by atomic mass is 10.0. The van der Waals surface area contributed by atoms with Crippen LogP contribution in [0, 0.1) is 0 Å². The van der Waals surface area contributed by atoms with Gasteiger partial charge in [-0.3, -0.25) is 0 Å². The van der Waals surface area contributed by atoms with E-state index in [1.807, 2.05) is 17.7 Å². The van der Waals surface area contributed by atoms with Gasteiger partial charge in [0.15, 0.2) is 0 Å². The Bertz CT molecular complexity index is 602. The van der Waals surface area contributed by atoms with Crippen LogP contribution in [-0.4, -0.2) is 60.3 Å². The van der Waals surface area contributed by atoms with E-state index in [2.05, 4.69) is 15.0 Å². The summed E-state index contributed by atoms with van der Waals surface area (Å²) in [5, 5.41) is 2.98. The van der Waals surface area contributed by atoms with Gasteiger partial charge in [0, 0.05) is 44.1 Å². The highest BCUT2D eigenvalue weighted by molar-refractivity contribution is 7.88. The number of hydrogen-bond donors (Lipinski definition) is 2. The molecule has 2 N–H and O–H groups in total. The molecule has 9 heteroatoms. The summed E-state index contributed by atoms with van der Waals surface area (Å²) in [5.74, 6) is 0. The Kier molecular flexibility index (Phi) is 6.00. The minimum absolute atomic E-state index is 0.0397. The number of carbonyl (C=O) groups is 1. The molecule has 130 valence electrons. The maximum absolute atomic E-state index is 12.5. The van der Waals surface area contributed by atoms with Crippen LogP contribution in [0.5, 0.6) is 0 Å². The highest BCUT2D eigenvalue weighted by Crippen LogP contribution is 2.17. The van der Waals surface area contributed by atoms with Crippen molar-refractivity contribution in [1.29, 1.82) is 0 Å².